The summed E-state index contributed by atoms with van der Waals surface area (Å²) < 4.78 is 63.6. The summed E-state index contributed by atoms with van der Waals surface area (Å²) >= 11 is 0. The number of hydrazine groups is 2. The van der Waals surface area contributed by atoms with Crippen molar-refractivity contribution in [2.24, 2.45) is 0 Å². The Bertz CT molecular complexity index is 894. The van der Waals surface area contributed by atoms with Crippen LogP contribution in [0.5, 0.6) is 0 Å². The molecule has 2 rings (SSSR count). The first-order chi connectivity index (χ1) is 11.0. The molecule has 0 atom stereocenters. The van der Waals surface area contributed by atoms with Gasteiger partial charge in [-0.15, -0.1) is 0 Å². The van der Waals surface area contributed by atoms with Crippen LogP contribution in [-0.2, 0) is 25.0 Å². The molecule has 0 saturated carbocycles. The number of aliphatic carboxylic acids is 1. The Balaban J connectivity index is 2.48. The SMILES string of the molecule is O=C(O)CN1CC=CN(c2ccc(S(=O)(=O)O)cc2S(=O)(=O)O)N1. The van der Waals surface area contributed by atoms with E-state index in [0.717, 1.165) is 17.1 Å². The molecule has 13 heteroatoms. The molecule has 0 amide bonds. The largest absolute Gasteiger partial charge is 0.480 e. The summed E-state index contributed by atoms with van der Waals surface area (Å²) in [6.07, 6.45) is 2.89. The number of hydrogen-bond donors (Lipinski definition) is 4. The molecule has 0 saturated heterocycles. The van der Waals surface area contributed by atoms with Crippen molar-refractivity contribution in [1.82, 2.24) is 10.5 Å². The predicted molar refractivity (Wildman–Crippen MR) is 80.0 cm³/mol. The van der Waals surface area contributed by atoms with E-state index in [1.54, 1.807) is 0 Å². The molecule has 1 aromatic rings. The first-order valence-corrected chi connectivity index (χ1v) is 9.14. The number of carbonyl (C=O) groups is 1. The number of rotatable bonds is 5. The molecule has 0 fully saturated rings. The highest BCUT2D eigenvalue weighted by atomic mass is 32.2. The van der Waals surface area contributed by atoms with E-state index in [-0.39, 0.29) is 12.2 Å². The van der Waals surface area contributed by atoms with Crippen LogP contribution in [0.25, 0.3) is 0 Å². The van der Waals surface area contributed by atoms with Crippen LogP contribution in [0.2, 0.25) is 0 Å². The molecule has 0 bridgehead atoms. The molecular weight excluding hydrogens is 366 g/mol. The standard InChI is InChI=1S/C11H13N3O8S2/c15-11(16)7-13-4-1-5-14(12-13)9-3-2-8(23(17,18)19)6-10(9)24(20,21)22/h1-3,5-6,12H,4,7H2,(H,15,16)(H,17,18,19)(H,20,21,22). The van der Waals surface area contributed by atoms with E-state index < -0.39 is 42.5 Å². The van der Waals surface area contributed by atoms with Crippen LogP contribution in [0.15, 0.2) is 40.3 Å². The van der Waals surface area contributed by atoms with Crippen molar-refractivity contribution in [1.29, 1.82) is 0 Å². The van der Waals surface area contributed by atoms with Gasteiger partial charge in [0.1, 0.15) is 11.4 Å². The molecule has 0 aromatic heterocycles. The highest BCUT2D eigenvalue weighted by Gasteiger charge is 2.25. The minimum atomic E-state index is -4.83. The molecule has 1 aliphatic heterocycles. The second-order valence-electron chi connectivity index (χ2n) is 4.71. The summed E-state index contributed by atoms with van der Waals surface area (Å²) in [6.45, 7) is -0.182. The van der Waals surface area contributed by atoms with Gasteiger partial charge in [0.2, 0.25) is 0 Å². The molecule has 1 aliphatic rings. The second-order valence-corrected chi connectivity index (χ2v) is 7.52. The molecule has 11 nitrogen and oxygen atoms in total. The van der Waals surface area contributed by atoms with Crippen molar-refractivity contribution in [3.63, 3.8) is 0 Å². The Kier molecular flexibility index (Phi) is 4.93. The van der Waals surface area contributed by atoms with Gasteiger partial charge in [0.25, 0.3) is 20.2 Å². The van der Waals surface area contributed by atoms with E-state index in [2.05, 4.69) is 5.53 Å². The van der Waals surface area contributed by atoms with E-state index >= 15 is 0 Å². The van der Waals surface area contributed by atoms with Crippen LogP contribution in [0.1, 0.15) is 0 Å². The van der Waals surface area contributed by atoms with Gasteiger partial charge >= 0.3 is 5.97 Å². The Hall–Kier alpha value is -2.03. The van der Waals surface area contributed by atoms with Gasteiger partial charge in [-0.1, -0.05) is 6.08 Å². The van der Waals surface area contributed by atoms with E-state index in [1.807, 2.05) is 0 Å². The monoisotopic (exact) mass is 379 g/mol. The lowest BCUT2D eigenvalue weighted by molar-refractivity contribution is -0.139. The fourth-order valence-electron chi connectivity index (χ4n) is 1.96. The van der Waals surface area contributed by atoms with E-state index in [1.165, 1.54) is 17.3 Å². The molecule has 0 spiro atoms. The highest BCUT2D eigenvalue weighted by molar-refractivity contribution is 7.86. The van der Waals surface area contributed by atoms with Gasteiger partial charge < -0.3 is 5.11 Å². The summed E-state index contributed by atoms with van der Waals surface area (Å²) in [7, 11) is -9.51. The minimum absolute atomic E-state index is 0.170. The molecule has 1 aromatic carbocycles. The van der Waals surface area contributed by atoms with Crippen LogP contribution in [0.4, 0.5) is 5.69 Å². The van der Waals surface area contributed by atoms with Gasteiger partial charge in [-0.25, -0.2) is 5.01 Å². The maximum Gasteiger partial charge on any atom is 0.319 e. The van der Waals surface area contributed by atoms with E-state index in [9.17, 15) is 26.2 Å². The van der Waals surface area contributed by atoms with E-state index in [4.69, 9.17) is 9.66 Å². The molecule has 24 heavy (non-hydrogen) atoms. The first kappa shape index (κ1) is 18.3. The third-order valence-electron chi connectivity index (χ3n) is 2.92. The fraction of sp³-hybridized carbons (Fsp3) is 0.182. The number of nitrogens with one attached hydrogen (secondary N) is 1. The van der Waals surface area contributed by atoms with Crippen molar-refractivity contribution in [2.45, 2.75) is 9.79 Å². The van der Waals surface area contributed by atoms with Crippen molar-refractivity contribution in [3.8, 4) is 0 Å². The summed E-state index contributed by atoms with van der Waals surface area (Å²) in [6, 6.07) is 2.56. The Labute approximate surface area is 137 Å². The van der Waals surface area contributed by atoms with Gasteiger partial charge in [-0.2, -0.15) is 22.4 Å². The zero-order valence-electron chi connectivity index (χ0n) is 11.9. The number of anilines is 1. The number of nitrogens with zero attached hydrogens (tertiary/aromatic N) is 2. The summed E-state index contributed by atoms with van der Waals surface area (Å²) in [5.74, 6) is -1.13. The smallest absolute Gasteiger partial charge is 0.319 e. The van der Waals surface area contributed by atoms with Crippen LogP contribution in [0.3, 0.4) is 0 Å². The maximum atomic E-state index is 11.5. The zero-order valence-corrected chi connectivity index (χ0v) is 13.5. The summed E-state index contributed by atoms with van der Waals surface area (Å²) in [5.41, 5.74) is 2.41. The summed E-state index contributed by atoms with van der Waals surface area (Å²) in [4.78, 5) is 9.23. The number of carboxylic acid groups (broad SMARTS) is 1. The number of benzene rings is 1. The van der Waals surface area contributed by atoms with Crippen molar-refractivity contribution < 1.29 is 35.8 Å². The minimum Gasteiger partial charge on any atom is -0.480 e. The normalized spacial score (nSPS) is 16.3. The number of hydrogen-bond acceptors (Lipinski definition) is 8. The lowest BCUT2D eigenvalue weighted by Crippen LogP contribution is -2.52. The molecule has 0 unspecified atom stereocenters. The zero-order chi connectivity index (χ0) is 18.1. The van der Waals surface area contributed by atoms with Crippen LogP contribution in [0, 0.1) is 0 Å². The van der Waals surface area contributed by atoms with Crippen molar-refractivity contribution >= 4 is 31.9 Å². The third kappa shape index (κ3) is 4.28. The first-order valence-electron chi connectivity index (χ1n) is 6.26. The van der Waals surface area contributed by atoms with Crippen LogP contribution >= 0.6 is 0 Å². The molecular formula is C11H13N3O8S2. The average molecular weight is 379 g/mol. The molecule has 0 radical (unpaired) electrons. The lowest BCUT2D eigenvalue weighted by Gasteiger charge is -2.33. The lowest BCUT2D eigenvalue weighted by atomic mass is 10.3. The quantitative estimate of drug-likeness (QED) is 0.479. The van der Waals surface area contributed by atoms with Gasteiger partial charge in [-0.05, 0) is 18.2 Å². The van der Waals surface area contributed by atoms with Crippen LogP contribution < -0.4 is 10.5 Å². The van der Waals surface area contributed by atoms with Crippen molar-refractivity contribution in [3.05, 3.63) is 30.5 Å². The molecule has 1 heterocycles. The predicted octanol–water partition coefficient (Wildman–Crippen LogP) is -0.680. The highest BCUT2D eigenvalue weighted by Crippen LogP contribution is 2.28. The maximum absolute atomic E-state index is 11.5. The number of carboxylic acids is 1. The van der Waals surface area contributed by atoms with Gasteiger partial charge in [0, 0.05) is 12.7 Å². The Morgan fingerprint density at radius 3 is 2.38 bits per heavy atom. The molecule has 4 N–H and O–H groups in total. The van der Waals surface area contributed by atoms with Gasteiger partial charge in [0.05, 0.1) is 10.6 Å². The van der Waals surface area contributed by atoms with Gasteiger partial charge in [-0.3, -0.25) is 18.9 Å². The Morgan fingerprint density at radius 2 is 1.83 bits per heavy atom. The molecule has 0 aliphatic carbocycles. The van der Waals surface area contributed by atoms with Crippen molar-refractivity contribution in [2.75, 3.05) is 18.1 Å². The topological polar surface area (TPSA) is 165 Å². The van der Waals surface area contributed by atoms with Gasteiger partial charge in [0.15, 0.2) is 0 Å². The summed E-state index contributed by atoms with van der Waals surface area (Å²) in [5, 5.41) is 11.1. The van der Waals surface area contributed by atoms with Crippen LogP contribution in [-0.4, -0.2) is 55.1 Å². The second kappa shape index (κ2) is 6.46. The fourth-order valence-corrected chi connectivity index (χ4v) is 3.25. The molecule has 132 valence electrons. The third-order valence-corrected chi connectivity index (χ3v) is 4.65. The van der Waals surface area contributed by atoms with E-state index in [0.29, 0.717) is 6.07 Å². The Morgan fingerprint density at radius 1 is 1.17 bits per heavy atom. The average Bonchev–Trinajstić information content (AvgIpc) is 2.44.